The molecule has 0 aliphatic carbocycles. The number of rotatable bonds is 2. The first-order valence-electron chi connectivity index (χ1n) is 6.70. The van der Waals surface area contributed by atoms with Crippen LogP contribution in [0.25, 0.3) is 0 Å². The molecule has 1 aliphatic heterocycles. The zero-order valence-corrected chi connectivity index (χ0v) is 12.0. The van der Waals surface area contributed by atoms with E-state index in [0.29, 0.717) is 5.69 Å². The first-order valence-corrected chi connectivity index (χ1v) is 6.70. The highest BCUT2D eigenvalue weighted by molar-refractivity contribution is 5.95. The number of anilines is 2. The van der Waals surface area contributed by atoms with Gasteiger partial charge in [0.15, 0.2) is 0 Å². The predicted molar refractivity (Wildman–Crippen MR) is 76.9 cm³/mol. The quantitative estimate of drug-likeness (QED) is 0.832. The molecule has 1 heterocycles. The van der Waals surface area contributed by atoms with E-state index >= 15 is 0 Å². The van der Waals surface area contributed by atoms with Crippen molar-refractivity contribution in [2.24, 2.45) is 11.8 Å². The van der Waals surface area contributed by atoms with Crippen LogP contribution in [0.1, 0.15) is 20.8 Å². The fourth-order valence-corrected chi connectivity index (χ4v) is 2.74. The molecule has 4 unspecified atom stereocenters. The maximum atomic E-state index is 12.6. The van der Waals surface area contributed by atoms with Crippen LogP contribution in [0.2, 0.25) is 0 Å². The number of hydrogen-bond donors (Lipinski definition) is 1. The molecule has 1 amide bonds. The van der Waals surface area contributed by atoms with E-state index in [1.165, 1.54) is 0 Å². The molecule has 1 saturated heterocycles. The SMILES string of the molecule is CC1OC(C)C(C(=O)N(C)c2ccc(N)cc2)C1C. The normalized spacial score (nSPS) is 30.3. The second-order valence-corrected chi connectivity index (χ2v) is 5.42. The van der Waals surface area contributed by atoms with Gasteiger partial charge in [-0.25, -0.2) is 0 Å². The average molecular weight is 262 g/mol. The minimum atomic E-state index is -0.0856. The summed E-state index contributed by atoms with van der Waals surface area (Å²) >= 11 is 0. The second kappa shape index (κ2) is 5.21. The van der Waals surface area contributed by atoms with Crippen molar-refractivity contribution in [2.75, 3.05) is 17.7 Å². The minimum absolute atomic E-state index is 0.0336. The lowest BCUT2D eigenvalue weighted by Gasteiger charge is -2.25. The molecular formula is C15H22N2O2. The van der Waals surface area contributed by atoms with Crippen molar-refractivity contribution < 1.29 is 9.53 Å². The topological polar surface area (TPSA) is 55.6 Å². The number of nitrogens with zero attached hydrogens (tertiary/aromatic N) is 1. The molecule has 4 nitrogen and oxygen atoms in total. The Morgan fingerprint density at radius 3 is 2.21 bits per heavy atom. The van der Waals surface area contributed by atoms with E-state index in [9.17, 15) is 4.79 Å². The van der Waals surface area contributed by atoms with Crippen LogP contribution in [0.5, 0.6) is 0 Å². The maximum Gasteiger partial charge on any atom is 0.232 e. The van der Waals surface area contributed by atoms with E-state index < -0.39 is 0 Å². The number of carbonyl (C=O) groups is 1. The van der Waals surface area contributed by atoms with Crippen molar-refractivity contribution in [1.29, 1.82) is 0 Å². The minimum Gasteiger partial charge on any atom is -0.399 e. The molecule has 2 N–H and O–H groups in total. The molecule has 0 spiro atoms. The summed E-state index contributed by atoms with van der Waals surface area (Å²) in [6.07, 6.45) is 0.0949. The number of hydrogen-bond acceptors (Lipinski definition) is 3. The standard InChI is InChI=1S/C15H22N2O2/c1-9-10(2)19-11(3)14(9)15(18)17(4)13-7-5-12(16)6-8-13/h5-11,14H,16H2,1-4H3. The molecule has 4 heteroatoms. The molecule has 1 fully saturated rings. The summed E-state index contributed by atoms with van der Waals surface area (Å²) in [5.41, 5.74) is 7.22. The summed E-state index contributed by atoms with van der Waals surface area (Å²) < 4.78 is 5.74. The molecule has 1 aromatic rings. The van der Waals surface area contributed by atoms with E-state index in [0.717, 1.165) is 5.69 Å². The first-order chi connectivity index (χ1) is 8.91. The van der Waals surface area contributed by atoms with Gasteiger partial charge in [-0.05, 0) is 44.0 Å². The Morgan fingerprint density at radius 2 is 1.74 bits per heavy atom. The number of amides is 1. The molecular weight excluding hydrogens is 240 g/mol. The van der Waals surface area contributed by atoms with Gasteiger partial charge in [-0.1, -0.05) is 6.92 Å². The third-order valence-electron chi connectivity index (χ3n) is 4.14. The number of nitrogen functional groups attached to an aromatic ring is 1. The molecule has 2 rings (SSSR count). The van der Waals surface area contributed by atoms with E-state index in [1.54, 1.807) is 24.1 Å². The highest BCUT2D eigenvalue weighted by Crippen LogP contribution is 2.34. The van der Waals surface area contributed by atoms with Gasteiger partial charge in [0.05, 0.1) is 18.1 Å². The van der Waals surface area contributed by atoms with Crippen molar-refractivity contribution in [1.82, 2.24) is 0 Å². The van der Waals surface area contributed by atoms with Crippen LogP contribution >= 0.6 is 0 Å². The summed E-state index contributed by atoms with van der Waals surface area (Å²) in [6, 6.07) is 7.34. The van der Waals surface area contributed by atoms with Crippen molar-refractivity contribution in [3.8, 4) is 0 Å². The summed E-state index contributed by atoms with van der Waals surface area (Å²) in [6.45, 7) is 6.07. The highest BCUT2D eigenvalue weighted by Gasteiger charge is 2.42. The van der Waals surface area contributed by atoms with E-state index in [4.69, 9.17) is 10.5 Å². The average Bonchev–Trinajstić information content (AvgIpc) is 2.62. The van der Waals surface area contributed by atoms with Crippen molar-refractivity contribution in [3.63, 3.8) is 0 Å². The lowest BCUT2D eigenvalue weighted by molar-refractivity contribution is -0.124. The van der Waals surface area contributed by atoms with Crippen LogP contribution in [-0.2, 0) is 9.53 Å². The fraction of sp³-hybridized carbons (Fsp3) is 0.533. The van der Waals surface area contributed by atoms with Gasteiger partial charge in [0.2, 0.25) is 5.91 Å². The van der Waals surface area contributed by atoms with Gasteiger partial charge in [-0.15, -0.1) is 0 Å². The molecule has 19 heavy (non-hydrogen) atoms. The van der Waals surface area contributed by atoms with E-state index in [1.807, 2.05) is 26.0 Å². The highest BCUT2D eigenvalue weighted by atomic mass is 16.5. The van der Waals surface area contributed by atoms with Gasteiger partial charge in [0.25, 0.3) is 0 Å². The van der Waals surface area contributed by atoms with E-state index in [2.05, 4.69) is 6.92 Å². The van der Waals surface area contributed by atoms with Gasteiger partial charge in [-0.2, -0.15) is 0 Å². The van der Waals surface area contributed by atoms with Crippen molar-refractivity contribution >= 4 is 17.3 Å². The molecule has 1 aromatic carbocycles. The van der Waals surface area contributed by atoms with Crippen LogP contribution in [0.3, 0.4) is 0 Å². The summed E-state index contributed by atoms with van der Waals surface area (Å²) in [5.74, 6) is 0.255. The van der Waals surface area contributed by atoms with Gasteiger partial charge in [0.1, 0.15) is 0 Å². The van der Waals surface area contributed by atoms with Gasteiger partial charge in [-0.3, -0.25) is 4.79 Å². The van der Waals surface area contributed by atoms with Crippen molar-refractivity contribution in [2.45, 2.75) is 33.0 Å². The Balaban J connectivity index is 2.17. The van der Waals surface area contributed by atoms with Gasteiger partial charge in [0, 0.05) is 18.4 Å². The summed E-state index contributed by atoms with van der Waals surface area (Å²) in [5, 5.41) is 0. The zero-order valence-electron chi connectivity index (χ0n) is 12.0. The monoisotopic (exact) mass is 262 g/mol. The Bertz CT molecular complexity index is 458. The molecule has 0 radical (unpaired) electrons. The molecule has 0 bridgehead atoms. The Labute approximate surface area is 114 Å². The Morgan fingerprint density at radius 1 is 1.16 bits per heavy atom. The molecule has 1 aliphatic rings. The molecule has 0 saturated carbocycles. The molecule has 0 aromatic heterocycles. The fourth-order valence-electron chi connectivity index (χ4n) is 2.74. The first kappa shape index (κ1) is 13.9. The molecule has 4 atom stereocenters. The third kappa shape index (κ3) is 2.59. The van der Waals surface area contributed by atoms with Gasteiger partial charge >= 0.3 is 0 Å². The zero-order chi connectivity index (χ0) is 14.2. The summed E-state index contributed by atoms with van der Waals surface area (Å²) in [7, 11) is 1.80. The van der Waals surface area contributed by atoms with Crippen LogP contribution < -0.4 is 10.6 Å². The maximum absolute atomic E-state index is 12.6. The largest absolute Gasteiger partial charge is 0.399 e. The second-order valence-electron chi connectivity index (χ2n) is 5.42. The Kier molecular flexibility index (Phi) is 3.80. The van der Waals surface area contributed by atoms with Gasteiger partial charge < -0.3 is 15.4 Å². The van der Waals surface area contributed by atoms with Crippen molar-refractivity contribution in [3.05, 3.63) is 24.3 Å². The third-order valence-corrected chi connectivity index (χ3v) is 4.14. The lowest BCUT2D eigenvalue weighted by atomic mass is 9.88. The number of benzene rings is 1. The van der Waals surface area contributed by atoms with Crippen LogP contribution in [0.15, 0.2) is 24.3 Å². The Hall–Kier alpha value is -1.55. The number of carbonyl (C=O) groups excluding carboxylic acids is 1. The lowest BCUT2D eigenvalue weighted by Crippen LogP contribution is -2.38. The number of ether oxygens (including phenoxy) is 1. The van der Waals surface area contributed by atoms with E-state index in [-0.39, 0.29) is 30.0 Å². The smallest absolute Gasteiger partial charge is 0.232 e. The predicted octanol–water partition coefficient (Wildman–Crippen LogP) is 2.29. The summed E-state index contributed by atoms with van der Waals surface area (Å²) in [4.78, 5) is 14.3. The number of nitrogens with two attached hydrogens (primary N) is 1. The van der Waals surface area contributed by atoms with Crippen LogP contribution in [0.4, 0.5) is 11.4 Å². The van der Waals surface area contributed by atoms with Crippen LogP contribution in [-0.4, -0.2) is 25.2 Å². The van der Waals surface area contributed by atoms with Crippen LogP contribution in [0, 0.1) is 11.8 Å². The molecule has 104 valence electrons.